The van der Waals surface area contributed by atoms with Crippen LogP contribution in [-0.2, 0) is 10.3 Å². The van der Waals surface area contributed by atoms with Gasteiger partial charge in [0.05, 0.1) is 11.4 Å². The summed E-state index contributed by atoms with van der Waals surface area (Å²) in [5.74, 6) is -0.922. The van der Waals surface area contributed by atoms with Crippen LogP contribution in [0.3, 0.4) is 0 Å². The molecule has 0 aliphatic heterocycles. The Bertz CT molecular complexity index is 393. The summed E-state index contributed by atoms with van der Waals surface area (Å²) in [5, 5.41) is 9.31. The largest absolute Gasteiger partial charge is 0.481 e. The van der Waals surface area contributed by atoms with Crippen LogP contribution in [-0.4, -0.2) is 11.1 Å². The quantitative estimate of drug-likeness (QED) is 0.832. The maximum Gasteiger partial charge on any atom is 0.305 e. The first kappa shape index (κ1) is 12.7. The van der Waals surface area contributed by atoms with Gasteiger partial charge < -0.3 is 10.8 Å². The van der Waals surface area contributed by atoms with Gasteiger partial charge in [-0.2, -0.15) is 0 Å². The Kier molecular flexibility index (Phi) is 3.97. The summed E-state index contributed by atoms with van der Waals surface area (Å²) in [6.45, 7) is 1.68. The molecule has 82 valence electrons. The molecule has 0 heterocycles. The number of nitrogens with two attached hydrogens (primary N) is 1. The minimum atomic E-state index is -0.922. The van der Waals surface area contributed by atoms with Crippen molar-refractivity contribution in [3.05, 3.63) is 32.4 Å². The fourth-order valence-corrected chi connectivity index (χ4v) is 1.78. The lowest BCUT2D eigenvalue weighted by Crippen LogP contribution is -2.35. The third kappa shape index (κ3) is 3.32. The summed E-state index contributed by atoms with van der Waals surface area (Å²) < 4.78 is 0.921. The molecule has 0 amide bonds. The number of benzene rings is 1. The van der Waals surface area contributed by atoms with E-state index in [2.05, 4.69) is 22.6 Å². The van der Waals surface area contributed by atoms with Crippen LogP contribution < -0.4 is 5.73 Å². The molecular formula is C10H11ClINO2. The first-order valence-electron chi connectivity index (χ1n) is 4.29. The summed E-state index contributed by atoms with van der Waals surface area (Å²) in [6, 6.07) is 5.34. The van der Waals surface area contributed by atoms with E-state index in [0.29, 0.717) is 5.02 Å². The lowest BCUT2D eigenvalue weighted by atomic mass is 9.90. The lowest BCUT2D eigenvalue weighted by Gasteiger charge is -2.23. The highest BCUT2D eigenvalue weighted by Crippen LogP contribution is 2.27. The molecule has 0 aliphatic rings. The zero-order chi connectivity index (χ0) is 11.6. The molecule has 0 spiro atoms. The topological polar surface area (TPSA) is 63.3 Å². The van der Waals surface area contributed by atoms with Crippen molar-refractivity contribution in [2.45, 2.75) is 18.9 Å². The van der Waals surface area contributed by atoms with E-state index in [4.69, 9.17) is 22.4 Å². The Morgan fingerprint density at radius 3 is 2.73 bits per heavy atom. The SMILES string of the molecule is CC(N)(CC(=O)O)c1ccc(I)c(Cl)c1. The van der Waals surface area contributed by atoms with Crippen molar-refractivity contribution in [3.8, 4) is 0 Å². The zero-order valence-corrected chi connectivity index (χ0v) is 11.0. The molecule has 0 aromatic heterocycles. The van der Waals surface area contributed by atoms with Gasteiger partial charge in [-0.05, 0) is 47.2 Å². The molecule has 1 unspecified atom stereocenters. The minimum absolute atomic E-state index is 0.121. The van der Waals surface area contributed by atoms with E-state index in [1.807, 2.05) is 6.07 Å². The van der Waals surface area contributed by atoms with E-state index in [9.17, 15) is 4.79 Å². The summed E-state index contributed by atoms with van der Waals surface area (Å²) in [6.07, 6.45) is -0.121. The molecule has 1 aromatic carbocycles. The number of halogens is 2. The third-order valence-electron chi connectivity index (χ3n) is 2.10. The predicted molar refractivity (Wildman–Crippen MR) is 68.0 cm³/mol. The van der Waals surface area contributed by atoms with Gasteiger partial charge in [0.25, 0.3) is 0 Å². The second-order valence-corrected chi connectivity index (χ2v) is 5.19. The van der Waals surface area contributed by atoms with E-state index in [0.717, 1.165) is 9.13 Å². The van der Waals surface area contributed by atoms with Crippen molar-refractivity contribution in [3.63, 3.8) is 0 Å². The van der Waals surface area contributed by atoms with Crippen LogP contribution in [0.5, 0.6) is 0 Å². The number of carboxylic acids is 1. The molecule has 5 heteroatoms. The van der Waals surface area contributed by atoms with Crippen molar-refractivity contribution in [2.75, 3.05) is 0 Å². The fraction of sp³-hybridized carbons (Fsp3) is 0.300. The van der Waals surface area contributed by atoms with Crippen LogP contribution in [0.25, 0.3) is 0 Å². The normalized spacial score (nSPS) is 14.7. The highest BCUT2D eigenvalue weighted by atomic mass is 127. The molecule has 0 saturated heterocycles. The minimum Gasteiger partial charge on any atom is -0.481 e. The van der Waals surface area contributed by atoms with Gasteiger partial charge >= 0.3 is 5.97 Å². The third-order valence-corrected chi connectivity index (χ3v) is 3.67. The zero-order valence-electron chi connectivity index (χ0n) is 8.13. The number of rotatable bonds is 3. The van der Waals surface area contributed by atoms with Crippen molar-refractivity contribution in [1.82, 2.24) is 0 Å². The Morgan fingerprint density at radius 2 is 2.27 bits per heavy atom. The average Bonchev–Trinajstić information content (AvgIpc) is 2.07. The number of hydrogen-bond donors (Lipinski definition) is 2. The molecule has 0 bridgehead atoms. The number of aliphatic carboxylic acids is 1. The van der Waals surface area contributed by atoms with Gasteiger partial charge in [0.2, 0.25) is 0 Å². The standard InChI is InChI=1S/C10H11ClINO2/c1-10(13,5-9(14)15)6-2-3-8(12)7(11)4-6/h2-4H,5,13H2,1H3,(H,14,15). The Morgan fingerprint density at radius 1 is 1.67 bits per heavy atom. The van der Waals surface area contributed by atoms with E-state index < -0.39 is 11.5 Å². The van der Waals surface area contributed by atoms with Crippen LogP contribution in [0.4, 0.5) is 0 Å². The molecule has 1 aromatic rings. The summed E-state index contributed by atoms with van der Waals surface area (Å²) >= 11 is 8.05. The van der Waals surface area contributed by atoms with E-state index in [1.165, 1.54) is 0 Å². The Balaban J connectivity index is 3.04. The van der Waals surface area contributed by atoms with E-state index in [1.54, 1.807) is 19.1 Å². The van der Waals surface area contributed by atoms with Crippen LogP contribution in [0.1, 0.15) is 18.9 Å². The van der Waals surface area contributed by atoms with Crippen molar-refractivity contribution < 1.29 is 9.90 Å². The number of hydrogen-bond acceptors (Lipinski definition) is 2. The highest BCUT2D eigenvalue weighted by molar-refractivity contribution is 14.1. The lowest BCUT2D eigenvalue weighted by molar-refractivity contribution is -0.138. The fourth-order valence-electron chi connectivity index (χ4n) is 1.27. The number of carboxylic acid groups (broad SMARTS) is 1. The molecule has 1 rings (SSSR count). The first-order chi connectivity index (χ1) is 6.83. The van der Waals surface area contributed by atoms with Crippen molar-refractivity contribution in [1.29, 1.82) is 0 Å². The molecule has 3 nitrogen and oxygen atoms in total. The van der Waals surface area contributed by atoms with Gasteiger partial charge in [-0.3, -0.25) is 4.79 Å². The van der Waals surface area contributed by atoms with Crippen LogP contribution in [0.2, 0.25) is 5.02 Å². The molecule has 15 heavy (non-hydrogen) atoms. The van der Waals surface area contributed by atoms with E-state index >= 15 is 0 Å². The van der Waals surface area contributed by atoms with Crippen molar-refractivity contribution in [2.24, 2.45) is 5.73 Å². The van der Waals surface area contributed by atoms with Gasteiger partial charge in [-0.25, -0.2) is 0 Å². The second-order valence-electron chi connectivity index (χ2n) is 3.62. The summed E-state index contributed by atoms with van der Waals surface area (Å²) in [4.78, 5) is 10.6. The van der Waals surface area contributed by atoms with Gasteiger partial charge in [-0.15, -0.1) is 0 Å². The maximum absolute atomic E-state index is 10.6. The molecule has 3 N–H and O–H groups in total. The molecule has 1 atom stereocenters. The van der Waals surface area contributed by atoms with Crippen molar-refractivity contribution >= 4 is 40.2 Å². The predicted octanol–water partition coefficient (Wildman–Crippen LogP) is 2.59. The Hall–Kier alpha value is -0.330. The number of carbonyl (C=O) groups is 1. The smallest absolute Gasteiger partial charge is 0.305 e. The van der Waals surface area contributed by atoms with Gasteiger partial charge in [0.15, 0.2) is 0 Å². The van der Waals surface area contributed by atoms with Crippen LogP contribution in [0.15, 0.2) is 18.2 Å². The molecule has 0 aliphatic carbocycles. The summed E-state index contributed by atoms with van der Waals surface area (Å²) in [7, 11) is 0. The van der Waals surface area contributed by atoms with E-state index in [-0.39, 0.29) is 6.42 Å². The highest BCUT2D eigenvalue weighted by Gasteiger charge is 2.25. The van der Waals surface area contributed by atoms with Crippen LogP contribution in [0, 0.1) is 3.57 Å². The molecular weight excluding hydrogens is 328 g/mol. The van der Waals surface area contributed by atoms with Gasteiger partial charge in [-0.1, -0.05) is 17.7 Å². The van der Waals surface area contributed by atoms with Crippen LogP contribution >= 0.6 is 34.2 Å². The van der Waals surface area contributed by atoms with Gasteiger partial charge in [0.1, 0.15) is 0 Å². The summed E-state index contributed by atoms with van der Waals surface area (Å²) in [5.41, 5.74) is 5.76. The molecule has 0 fully saturated rings. The maximum atomic E-state index is 10.6. The Labute approximate surface area is 107 Å². The molecule has 0 radical (unpaired) electrons. The second kappa shape index (κ2) is 4.67. The van der Waals surface area contributed by atoms with Gasteiger partial charge in [0, 0.05) is 9.11 Å². The molecule has 0 saturated carbocycles. The first-order valence-corrected chi connectivity index (χ1v) is 5.75. The monoisotopic (exact) mass is 339 g/mol. The average molecular weight is 340 g/mol.